The second-order valence-electron chi connectivity index (χ2n) is 5.44. The Morgan fingerprint density at radius 1 is 1.45 bits per heavy atom. The van der Waals surface area contributed by atoms with E-state index in [0.717, 1.165) is 25.8 Å². The van der Waals surface area contributed by atoms with Crippen LogP contribution in [-0.4, -0.2) is 40.2 Å². The van der Waals surface area contributed by atoms with Crippen LogP contribution in [0.5, 0.6) is 0 Å². The maximum atomic E-state index is 6.33. The Morgan fingerprint density at radius 3 is 3.00 bits per heavy atom. The number of oxazole rings is 1. The number of likely N-dealkylation sites (N-methyl/N-ethyl adjacent to an activating group) is 1. The van der Waals surface area contributed by atoms with E-state index in [1.807, 2.05) is 7.05 Å². The van der Waals surface area contributed by atoms with Crippen molar-refractivity contribution in [2.75, 3.05) is 20.1 Å². The van der Waals surface area contributed by atoms with E-state index < -0.39 is 5.54 Å². The average Bonchev–Trinajstić information content (AvgIpc) is 3.09. The van der Waals surface area contributed by atoms with Crippen LogP contribution in [-0.2, 0) is 12.0 Å². The van der Waals surface area contributed by atoms with Crippen molar-refractivity contribution in [2.24, 2.45) is 5.73 Å². The summed E-state index contributed by atoms with van der Waals surface area (Å²) in [4.78, 5) is 10.9. The van der Waals surface area contributed by atoms with Crippen molar-refractivity contribution in [2.45, 2.75) is 31.7 Å². The highest BCUT2D eigenvalue weighted by molar-refractivity contribution is 5.46. The molecule has 1 fully saturated rings. The molecule has 1 atom stereocenters. The first-order valence-corrected chi connectivity index (χ1v) is 6.87. The third-order valence-corrected chi connectivity index (χ3v) is 3.59. The number of rotatable bonds is 4. The lowest BCUT2D eigenvalue weighted by atomic mass is 10.0. The first-order valence-electron chi connectivity index (χ1n) is 6.87. The Bertz CT molecular complexity index is 593. The van der Waals surface area contributed by atoms with Crippen molar-refractivity contribution < 1.29 is 8.94 Å². The molecule has 20 heavy (non-hydrogen) atoms. The first-order chi connectivity index (χ1) is 9.60. The molecule has 2 aromatic rings. The Kier molecular flexibility index (Phi) is 3.31. The largest absolute Gasteiger partial charge is 0.448 e. The molecule has 108 valence electrons. The molecule has 1 aliphatic heterocycles. The number of likely N-dealkylation sites (tertiary alicyclic amines) is 1. The molecule has 2 N–H and O–H groups in total. The van der Waals surface area contributed by atoms with Crippen LogP contribution in [0.1, 0.15) is 31.5 Å². The van der Waals surface area contributed by atoms with Gasteiger partial charge in [0, 0.05) is 19.5 Å². The smallest absolute Gasteiger partial charge is 0.248 e. The van der Waals surface area contributed by atoms with Gasteiger partial charge in [0.1, 0.15) is 17.5 Å². The minimum absolute atomic E-state index is 0.436. The summed E-state index contributed by atoms with van der Waals surface area (Å²) in [5, 5.41) is 3.97. The third kappa shape index (κ3) is 2.34. The zero-order valence-corrected chi connectivity index (χ0v) is 11.8. The molecule has 0 aliphatic carbocycles. The highest BCUT2D eigenvalue weighted by Crippen LogP contribution is 2.28. The molecule has 7 heteroatoms. The molecule has 1 aliphatic rings. The van der Waals surface area contributed by atoms with E-state index in [4.69, 9.17) is 14.7 Å². The van der Waals surface area contributed by atoms with Gasteiger partial charge in [-0.05, 0) is 19.9 Å². The van der Waals surface area contributed by atoms with Gasteiger partial charge in [0.2, 0.25) is 11.7 Å². The van der Waals surface area contributed by atoms with Crippen LogP contribution >= 0.6 is 0 Å². The number of aryl methyl sites for hydroxylation is 1. The molecular weight excluding hydrogens is 258 g/mol. The molecule has 0 radical (unpaired) electrons. The van der Waals surface area contributed by atoms with Gasteiger partial charge in [-0.3, -0.25) is 0 Å². The highest BCUT2D eigenvalue weighted by Gasteiger charge is 2.39. The number of hydrogen-bond donors (Lipinski definition) is 1. The van der Waals surface area contributed by atoms with Crippen LogP contribution in [0.2, 0.25) is 0 Å². The van der Waals surface area contributed by atoms with Gasteiger partial charge < -0.3 is 19.6 Å². The van der Waals surface area contributed by atoms with Gasteiger partial charge in [0.05, 0.1) is 0 Å². The summed E-state index contributed by atoms with van der Waals surface area (Å²) >= 11 is 0. The Hall–Kier alpha value is -1.73. The first kappa shape index (κ1) is 13.3. The monoisotopic (exact) mass is 277 g/mol. The summed E-state index contributed by atoms with van der Waals surface area (Å²) in [6.07, 6.45) is 4.15. The molecule has 0 spiro atoms. The van der Waals surface area contributed by atoms with Crippen molar-refractivity contribution >= 4 is 0 Å². The maximum Gasteiger partial charge on any atom is 0.248 e. The number of nitrogens with two attached hydrogens (primary N) is 1. The summed E-state index contributed by atoms with van der Waals surface area (Å²) < 4.78 is 10.7. The van der Waals surface area contributed by atoms with Crippen LogP contribution < -0.4 is 5.73 Å². The molecule has 0 amide bonds. The minimum Gasteiger partial charge on any atom is -0.448 e. The fourth-order valence-electron chi connectivity index (χ4n) is 2.48. The second-order valence-corrected chi connectivity index (χ2v) is 5.44. The van der Waals surface area contributed by atoms with Crippen molar-refractivity contribution in [3.63, 3.8) is 0 Å². The van der Waals surface area contributed by atoms with E-state index in [-0.39, 0.29) is 0 Å². The van der Waals surface area contributed by atoms with Crippen LogP contribution in [0.15, 0.2) is 15.2 Å². The predicted octanol–water partition coefficient (Wildman–Crippen LogP) is 1.17. The molecule has 0 bridgehead atoms. The maximum absolute atomic E-state index is 6.33. The molecule has 2 aromatic heterocycles. The molecule has 3 rings (SSSR count). The summed E-state index contributed by atoms with van der Waals surface area (Å²) in [5.74, 6) is 1.60. The standard InChI is InChI=1S/C13H19N5O2/c1-3-4-10-15-9(7-19-10)11-16-12(20-17-11)13(14)5-6-18(2)8-13/h7H,3-6,8,14H2,1-2H3. The molecular formula is C13H19N5O2. The fourth-order valence-corrected chi connectivity index (χ4v) is 2.48. The van der Waals surface area contributed by atoms with Gasteiger partial charge in [-0.25, -0.2) is 4.98 Å². The summed E-state index contributed by atoms with van der Waals surface area (Å²) in [7, 11) is 2.03. The minimum atomic E-state index is -0.560. The van der Waals surface area contributed by atoms with E-state index in [0.29, 0.717) is 29.8 Å². The lowest BCUT2D eigenvalue weighted by Crippen LogP contribution is -2.39. The van der Waals surface area contributed by atoms with Gasteiger partial charge >= 0.3 is 0 Å². The van der Waals surface area contributed by atoms with Gasteiger partial charge in [-0.15, -0.1) is 0 Å². The predicted molar refractivity (Wildman–Crippen MR) is 71.8 cm³/mol. The van der Waals surface area contributed by atoms with Crippen LogP contribution in [0.25, 0.3) is 11.5 Å². The molecule has 3 heterocycles. The van der Waals surface area contributed by atoms with E-state index in [2.05, 4.69) is 26.9 Å². The Labute approximate surface area is 117 Å². The topological polar surface area (TPSA) is 94.2 Å². The van der Waals surface area contributed by atoms with Crippen LogP contribution in [0.3, 0.4) is 0 Å². The Balaban J connectivity index is 1.82. The van der Waals surface area contributed by atoms with Crippen molar-refractivity contribution in [1.29, 1.82) is 0 Å². The second kappa shape index (κ2) is 4.99. The fraction of sp³-hybridized carbons (Fsp3) is 0.615. The van der Waals surface area contributed by atoms with Gasteiger partial charge in [0.15, 0.2) is 5.89 Å². The van der Waals surface area contributed by atoms with E-state index in [9.17, 15) is 0 Å². The van der Waals surface area contributed by atoms with Crippen molar-refractivity contribution in [1.82, 2.24) is 20.0 Å². The molecule has 1 unspecified atom stereocenters. The SMILES string of the molecule is CCCc1nc(-c2noc(C3(N)CCN(C)C3)n2)co1. The Morgan fingerprint density at radius 2 is 2.30 bits per heavy atom. The summed E-state index contributed by atoms with van der Waals surface area (Å²) in [6.45, 7) is 3.72. The van der Waals surface area contributed by atoms with Crippen LogP contribution in [0.4, 0.5) is 0 Å². The van der Waals surface area contributed by atoms with Crippen LogP contribution in [0, 0.1) is 0 Å². The highest BCUT2D eigenvalue weighted by atomic mass is 16.5. The molecule has 0 saturated carbocycles. The molecule has 1 saturated heterocycles. The third-order valence-electron chi connectivity index (χ3n) is 3.59. The molecule has 0 aromatic carbocycles. The lowest BCUT2D eigenvalue weighted by molar-refractivity contribution is 0.278. The van der Waals surface area contributed by atoms with Crippen molar-refractivity contribution in [3.8, 4) is 11.5 Å². The van der Waals surface area contributed by atoms with E-state index in [1.54, 1.807) is 6.26 Å². The zero-order valence-electron chi connectivity index (χ0n) is 11.8. The zero-order chi connectivity index (χ0) is 14.2. The van der Waals surface area contributed by atoms with Crippen molar-refractivity contribution in [3.05, 3.63) is 18.0 Å². The van der Waals surface area contributed by atoms with Gasteiger partial charge in [-0.1, -0.05) is 12.1 Å². The normalized spacial score (nSPS) is 23.6. The summed E-state index contributed by atoms with van der Waals surface area (Å²) in [5.41, 5.74) is 6.37. The average molecular weight is 277 g/mol. The number of hydrogen-bond acceptors (Lipinski definition) is 7. The number of nitrogens with zero attached hydrogens (tertiary/aromatic N) is 4. The van der Waals surface area contributed by atoms with E-state index in [1.165, 1.54) is 0 Å². The van der Waals surface area contributed by atoms with E-state index >= 15 is 0 Å². The van der Waals surface area contributed by atoms with Gasteiger partial charge in [0.25, 0.3) is 0 Å². The lowest BCUT2D eigenvalue weighted by Gasteiger charge is -2.17. The molecule has 7 nitrogen and oxygen atoms in total. The van der Waals surface area contributed by atoms with Gasteiger partial charge in [-0.2, -0.15) is 4.98 Å². The quantitative estimate of drug-likeness (QED) is 0.896. The number of aromatic nitrogens is 3. The summed E-state index contributed by atoms with van der Waals surface area (Å²) in [6, 6.07) is 0.